The zero-order valence-corrected chi connectivity index (χ0v) is 9.13. The van der Waals surface area contributed by atoms with Crippen molar-refractivity contribution >= 4 is 33.2 Å². The number of carboxylic acids is 1. The Kier molecular flexibility index (Phi) is 2.39. The fourth-order valence-electron chi connectivity index (χ4n) is 0.951. The Balaban J connectivity index is 2.38. The molecule has 72 valence electrons. The van der Waals surface area contributed by atoms with Crippen molar-refractivity contribution < 1.29 is 14.4 Å². The number of aromatic carboxylic acids is 1. The van der Waals surface area contributed by atoms with E-state index in [2.05, 4.69) is 21.1 Å². The van der Waals surface area contributed by atoms with Gasteiger partial charge in [-0.15, -0.1) is 11.3 Å². The normalized spacial score (nSPS) is 10.4. The van der Waals surface area contributed by atoms with Gasteiger partial charge in [0, 0.05) is 17.0 Å². The zero-order chi connectivity index (χ0) is 10.1. The van der Waals surface area contributed by atoms with E-state index in [1.54, 1.807) is 0 Å². The Morgan fingerprint density at radius 3 is 2.86 bits per heavy atom. The molecule has 1 N–H and O–H groups in total. The molecule has 0 fully saturated rings. The van der Waals surface area contributed by atoms with E-state index >= 15 is 0 Å². The van der Waals surface area contributed by atoms with Crippen LogP contribution in [0.15, 0.2) is 25.8 Å². The van der Waals surface area contributed by atoms with E-state index in [-0.39, 0.29) is 5.69 Å². The van der Waals surface area contributed by atoms with Crippen LogP contribution in [0, 0.1) is 0 Å². The first-order valence-electron chi connectivity index (χ1n) is 3.61. The molecule has 0 aliphatic heterocycles. The SMILES string of the molecule is O=C(O)c1cc(-c2csc(Br)c2)on1. The number of aromatic nitrogens is 1. The van der Waals surface area contributed by atoms with E-state index < -0.39 is 5.97 Å². The van der Waals surface area contributed by atoms with E-state index in [9.17, 15) is 4.79 Å². The second-order valence-electron chi connectivity index (χ2n) is 2.52. The smallest absolute Gasteiger partial charge is 0.358 e. The number of nitrogens with zero attached hydrogens (tertiary/aromatic N) is 1. The number of carboxylic acid groups (broad SMARTS) is 1. The van der Waals surface area contributed by atoms with Gasteiger partial charge in [0.05, 0.1) is 3.79 Å². The van der Waals surface area contributed by atoms with E-state index in [1.807, 2.05) is 11.4 Å². The molecular weight excluding hydrogens is 270 g/mol. The van der Waals surface area contributed by atoms with Gasteiger partial charge in [-0.1, -0.05) is 5.16 Å². The first kappa shape index (κ1) is 9.42. The molecule has 0 saturated heterocycles. The molecule has 0 aromatic carbocycles. The average Bonchev–Trinajstić information content (AvgIpc) is 2.70. The van der Waals surface area contributed by atoms with Gasteiger partial charge in [-0.25, -0.2) is 4.79 Å². The van der Waals surface area contributed by atoms with Gasteiger partial charge in [0.25, 0.3) is 0 Å². The summed E-state index contributed by atoms with van der Waals surface area (Å²) in [5.41, 5.74) is 0.740. The van der Waals surface area contributed by atoms with Gasteiger partial charge < -0.3 is 9.63 Å². The number of rotatable bonds is 2. The number of hydrogen-bond donors (Lipinski definition) is 1. The standard InChI is InChI=1S/C8H4BrNO3S/c9-7-1-4(3-14-7)6-2-5(8(11)12)10-13-6/h1-3H,(H,11,12). The fraction of sp³-hybridized carbons (Fsp3) is 0. The van der Waals surface area contributed by atoms with Crippen LogP contribution >= 0.6 is 27.3 Å². The summed E-state index contributed by atoms with van der Waals surface area (Å²) in [7, 11) is 0. The molecule has 4 nitrogen and oxygen atoms in total. The van der Waals surface area contributed by atoms with Crippen molar-refractivity contribution in [3.8, 4) is 11.3 Å². The van der Waals surface area contributed by atoms with Crippen molar-refractivity contribution in [3.63, 3.8) is 0 Å². The van der Waals surface area contributed by atoms with Gasteiger partial charge in [0.2, 0.25) is 0 Å². The Hall–Kier alpha value is -1.14. The first-order chi connectivity index (χ1) is 6.66. The second kappa shape index (κ2) is 3.55. The molecule has 0 aliphatic rings. The maximum Gasteiger partial charge on any atom is 0.358 e. The quantitative estimate of drug-likeness (QED) is 0.914. The minimum absolute atomic E-state index is 0.0812. The summed E-state index contributed by atoms with van der Waals surface area (Å²) in [5.74, 6) is -0.626. The highest BCUT2D eigenvalue weighted by molar-refractivity contribution is 9.11. The van der Waals surface area contributed by atoms with Crippen molar-refractivity contribution in [2.24, 2.45) is 0 Å². The van der Waals surface area contributed by atoms with E-state index in [0.717, 1.165) is 9.35 Å². The van der Waals surface area contributed by atoms with Crippen LogP contribution in [0.1, 0.15) is 10.5 Å². The van der Waals surface area contributed by atoms with Crippen LogP contribution in [0.3, 0.4) is 0 Å². The largest absolute Gasteiger partial charge is 0.476 e. The summed E-state index contributed by atoms with van der Waals surface area (Å²) in [6, 6.07) is 3.24. The molecule has 0 spiro atoms. The molecule has 0 unspecified atom stereocenters. The molecule has 14 heavy (non-hydrogen) atoms. The van der Waals surface area contributed by atoms with Crippen molar-refractivity contribution in [2.75, 3.05) is 0 Å². The molecule has 0 atom stereocenters. The van der Waals surface area contributed by atoms with Crippen molar-refractivity contribution in [3.05, 3.63) is 27.0 Å². The van der Waals surface area contributed by atoms with Crippen LogP contribution in [0.25, 0.3) is 11.3 Å². The van der Waals surface area contributed by atoms with E-state index in [0.29, 0.717) is 5.76 Å². The second-order valence-corrected chi connectivity index (χ2v) is 4.81. The van der Waals surface area contributed by atoms with Crippen LogP contribution in [-0.2, 0) is 0 Å². The molecule has 0 radical (unpaired) electrons. The highest BCUT2D eigenvalue weighted by Crippen LogP contribution is 2.29. The topological polar surface area (TPSA) is 63.3 Å². The molecule has 0 saturated carbocycles. The Labute approximate surface area is 91.3 Å². The highest BCUT2D eigenvalue weighted by atomic mass is 79.9. The molecule has 0 bridgehead atoms. The highest BCUT2D eigenvalue weighted by Gasteiger charge is 2.12. The monoisotopic (exact) mass is 273 g/mol. The third-order valence-corrected chi connectivity index (χ3v) is 3.09. The lowest BCUT2D eigenvalue weighted by Gasteiger charge is -1.83. The van der Waals surface area contributed by atoms with Crippen LogP contribution < -0.4 is 0 Å². The third-order valence-electron chi connectivity index (χ3n) is 1.58. The van der Waals surface area contributed by atoms with Gasteiger partial charge in [-0.2, -0.15) is 0 Å². The Morgan fingerprint density at radius 1 is 1.57 bits per heavy atom. The molecule has 6 heteroatoms. The number of carbonyl (C=O) groups is 1. The lowest BCUT2D eigenvalue weighted by atomic mass is 10.2. The van der Waals surface area contributed by atoms with Crippen molar-refractivity contribution in [1.82, 2.24) is 5.16 Å². The lowest BCUT2D eigenvalue weighted by molar-refractivity contribution is 0.0686. The third kappa shape index (κ3) is 1.71. The van der Waals surface area contributed by atoms with Crippen LogP contribution in [0.5, 0.6) is 0 Å². The number of halogens is 1. The van der Waals surface area contributed by atoms with E-state index in [4.69, 9.17) is 9.63 Å². The fourth-order valence-corrected chi connectivity index (χ4v) is 2.10. The van der Waals surface area contributed by atoms with Crippen LogP contribution in [0.4, 0.5) is 0 Å². The Morgan fingerprint density at radius 2 is 2.36 bits per heavy atom. The number of thiophene rings is 1. The average molecular weight is 274 g/mol. The summed E-state index contributed by atoms with van der Waals surface area (Å²) < 4.78 is 5.84. The summed E-state index contributed by atoms with van der Waals surface area (Å²) in [5, 5.41) is 13.9. The zero-order valence-electron chi connectivity index (χ0n) is 6.73. The number of hydrogen-bond acceptors (Lipinski definition) is 4. The maximum absolute atomic E-state index is 10.5. The molecule has 2 heterocycles. The molecule has 2 rings (SSSR count). The maximum atomic E-state index is 10.5. The minimum atomic E-state index is -1.09. The van der Waals surface area contributed by atoms with Gasteiger partial charge in [0.1, 0.15) is 0 Å². The first-order valence-corrected chi connectivity index (χ1v) is 5.28. The molecule has 0 aliphatic carbocycles. The van der Waals surface area contributed by atoms with Gasteiger partial charge in [0.15, 0.2) is 11.5 Å². The lowest BCUT2D eigenvalue weighted by Crippen LogP contribution is -1.94. The van der Waals surface area contributed by atoms with Gasteiger partial charge >= 0.3 is 5.97 Å². The van der Waals surface area contributed by atoms with Gasteiger partial charge in [-0.3, -0.25) is 0 Å². The van der Waals surface area contributed by atoms with Crippen LogP contribution in [-0.4, -0.2) is 16.2 Å². The van der Waals surface area contributed by atoms with Crippen LogP contribution in [0.2, 0.25) is 0 Å². The van der Waals surface area contributed by atoms with Crippen molar-refractivity contribution in [2.45, 2.75) is 0 Å². The Bertz CT molecular complexity index is 476. The molecular formula is C8H4BrNO3S. The van der Waals surface area contributed by atoms with E-state index in [1.165, 1.54) is 17.4 Å². The predicted octanol–water partition coefficient (Wildman–Crippen LogP) is 2.86. The molecule has 2 aromatic heterocycles. The predicted molar refractivity (Wildman–Crippen MR) is 54.5 cm³/mol. The molecule has 2 aromatic rings. The summed E-state index contributed by atoms with van der Waals surface area (Å²) in [4.78, 5) is 10.5. The minimum Gasteiger partial charge on any atom is -0.476 e. The summed E-state index contributed by atoms with van der Waals surface area (Å²) in [6.45, 7) is 0. The molecule has 0 amide bonds. The summed E-state index contributed by atoms with van der Waals surface area (Å²) in [6.07, 6.45) is 0. The summed E-state index contributed by atoms with van der Waals surface area (Å²) >= 11 is 4.80. The van der Waals surface area contributed by atoms with Gasteiger partial charge in [-0.05, 0) is 22.0 Å². The van der Waals surface area contributed by atoms with Crippen molar-refractivity contribution in [1.29, 1.82) is 0 Å².